The van der Waals surface area contributed by atoms with Crippen molar-refractivity contribution in [2.45, 2.75) is 31.8 Å². The minimum atomic E-state index is -1.14. The second-order valence-corrected chi connectivity index (χ2v) is 5.60. The maximum Gasteiger partial charge on any atom is 0.254 e. The molecule has 0 spiro atoms. The van der Waals surface area contributed by atoms with Crippen LogP contribution in [0.25, 0.3) is 0 Å². The number of aromatic nitrogens is 4. The van der Waals surface area contributed by atoms with E-state index >= 15 is 0 Å². The predicted octanol–water partition coefficient (Wildman–Crippen LogP) is 0.886. The third-order valence-electron chi connectivity index (χ3n) is 4.16. The van der Waals surface area contributed by atoms with Gasteiger partial charge in [0.15, 0.2) is 0 Å². The first-order valence-electron chi connectivity index (χ1n) is 7.45. The largest absolute Gasteiger partial charge is 0.382 e. The normalized spacial score (nSPS) is 21.8. The molecule has 1 saturated heterocycles. The summed E-state index contributed by atoms with van der Waals surface area (Å²) in [5.74, 6) is -0.0686. The molecule has 116 valence electrons. The lowest BCUT2D eigenvalue weighted by Crippen LogP contribution is -2.49. The van der Waals surface area contributed by atoms with Crippen LogP contribution in [-0.4, -0.2) is 49.4 Å². The molecule has 1 amide bonds. The van der Waals surface area contributed by atoms with Crippen LogP contribution in [-0.2, 0) is 12.0 Å². The van der Waals surface area contributed by atoms with Crippen LogP contribution in [0.2, 0.25) is 0 Å². The van der Waals surface area contributed by atoms with E-state index in [4.69, 9.17) is 0 Å². The molecule has 22 heavy (non-hydrogen) atoms. The van der Waals surface area contributed by atoms with Crippen LogP contribution in [0.15, 0.2) is 24.7 Å². The van der Waals surface area contributed by atoms with E-state index in [1.165, 1.54) is 6.20 Å². The van der Waals surface area contributed by atoms with Gasteiger partial charge in [-0.15, -0.1) is 0 Å². The van der Waals surface area contributed by atoms with Crippen molar-refractivity contribution in [1.82, 2.24) is 25.3 Å². The first-order chi connectivity index (χ1) is 10.6. The van der Waals surface area contributed by atoms with Gasteiger partial charge in [0, 0.05) is 24.5 Å². The number of nitrogens with zero attached hydrogens (tertiary/aromatic N) is 4. The summed E-state index contributed by atoms with van der Waals surface area (Å²) in [5.41, 5.74) is 0.917. The van der Waals surface area contributed by atoms with Crippen molar-refractivity contribution in [2.75, 3.05) is 13.1 Å². The number of hydrogen-bond acceptors (Lipinski definition) is 5. The topological polar surface area (TPSA) is 95.0 Å². The number of aryl methyl sites for hydroxylation is 1. The fraction of sp³-hybridized carbons (Fsp3) is 0.467. The van der Waals surface area contributed by atoms with Crippen LogP contribution in [0, 0.1) is 0 Å². The van der Waals surface area contributed by atoms with Gasteiger partial charge in [-0.1, -0.05) is 6.92 Å². The van der Waals surface area contributed by atoms with Crippen molar-refractivity contribution in [2.24, 2.45) is 0 Å². The molecule has 7 heteroatoms. The lowest BCUT2D eigenvalue weighted by molar-refractivity contribution is -0.0320. The Bertz CT molecular complexity index is 658. The Morgan fingerprint density at radius 3 is 3.09 bits per heavy atom. The number of hydrogen-bond donors (Lipinski definition) is 2. The van der Waals surface area contributed by atoms with Crippen molar-refractivity contribution >= 4 is 5.91 Å². The van der Waals surface area contributed by atoms with Crippen LogP contribution in [0.1, 0.15) is 41.4 Å². The quantitative estimate of drug-likeness (QED) is 0.877. The van der Waals surface area contributed by atoms with E-state index in [9.17, 15) is 9.90 Å². The highest BCUT2D eigenvalue weighted by Gasteiger charge is 2.39. The van der Waals surface area contributed by atoms with E-state index in [-0.39, 0.29) is 12.5 Å². The van der Waals surface area contributed by atoms with Crippen molar-refractivity contribution < 1.29 is 9.90 Å². The summed E-state index contributed by atoms with van der Waals surface area (Å²) in [4.78, 5) is 18.5. The number of carbonyl (C=O) groups is 1. The Hall–Kier alpha value is -2.28. The summed E-state index contributed by atoms with van der Waals surface area (Å²) in [5, 5.41) is 21.0. The highest BCUT2D eigenvalue weighted by Crippen LogP contribution is 2.30. The SMILES string of the molecule is CCc1cnccc1C(=O)N1CCC[C@@](O)(c2cn[nH]n2)C1. The fourth-order valence-electron chi connectivity index (χ4n) is 2.93. The zero-order valence-corrected chi connectivity index (χ0v) is 12.5. The van der Waals surface area contributed by atoms with E-state index in [1.54, 1.807) is 23.4 Å². The summed E-state index contributed by atoms with van der Waals surface area (Å²) < 4.78 is 0. The van der Waals surface area contributed by atoms with E-state index in [0.29, 0.717) is 24.2 Å². The monoisotopic (exact) mass is 301 g/mol. The van der Waals surface area contributed by atoms with Gasteiger partial charge in [0.1, 0.15) is 11.3 Å². The van der Waals surface area contributed by atoms with Gasteiger partial charge in [0.2, 0.25) is 0 Å². The number of aromatic amines is 1. The molecule has 1 fully saturated rings. The van der Waals surface area contributed by atoms with Crippen molar-refractivity contribution in [3.63, 3.8) is 0 Å². The van der Waals surface area contributed by atoms with Gasteiger partial charge >= 0.3 is 0 Å². The fourth-order valence-corrected chi connectivity index (χ4v) is 2.93. The Labute approximate surface area is 128 Å². The molecule has 0 aliphatic carbocycles. The number of nitrogens with one attached hydrogen (secondary N) is 1. The Kier molecular flexibility index (Phi) is 3.89. The number of likely N-dealkylation sites (tertiary alicyclic amines) is 1. The lowest BCUT2D eigenvalue weighted by atomic mass is 9.89. The first-order valence-corrected chi connectivity index (χ1v) is 7.45. The summed E-state index contributed by atoms with van der Waals surface area (Å²) >= 11 is 0. The summed E-state index contributed by atoms with van der Waals surface area (Å²) in [6, 6.07) is 1.74. The molecular weight excluding hydrogens is 282 g/mol. The molecule has 0 bridgehead atoms. The maximum atomic E-state index is 12.8. The van der Waals surface area contributed by atoms with Crippen molar-refractivity contribution in [3.8, 4) is 0 Å². The first kappa shape index (κ1) is 14.6. The third kappa shape index (κ3) is 2.59. The van der Waals surface area contributed by atoms with E-state index < -0.39 is 5.60 Å². The molecule has 1 aliphatic heterocycles. The molecule has 1 atom stereocenters. The minimum Gasteiger partial charge on any atom is -0.382 e. The van der Waals surface area contributed by atoms with E-state index in [1.807, 2.05) is 6.92 Å². The average molecular weight is 301 g/mol. The highest BCUT2D eigenvalue weighted by molar-refractivity contribution is 5.95. The zero-order valence-electron chi connectivity index (χ0n) is 12.5. The Morgan fingerprint density at radius 1 is 1.50 bits per heavy atom. The Balaban J connectivity index is 1.84. The smallest absolute Gasteiger partial charge is 0.254 e. The number of amides is 1. The molecule has 2 N–H and O–H groups in total. The highest BCUT2D eigenvalue weighted by atomic mass is 16.3. The predicted molar refractivity (Wildman–Crippen MR) is 79.0 cm³/mol. The summed E-state index contributed by atoms with van der Waals surface area (Å²) in [7, 11) is 0. The number of H-pyrrole nitrogens is 1. The van der Waals surface area contributed by atoms with Crippen LogP contribution < -0.4 is 0 Å². The average Bonchev–Trinajstić information content (AvgIpc) is 3.09. The van der Waals surface area contributed by atoms with Gasteiger partial charge in [0.25, 0.3) is 5.91 Å². The van der Waals surface area contributed by atoms with Gasteiger partial charge in [0.05, 0.1) is 12.7 Å². The van der Waals surface area contributed by atoms with Gasteiger partial charge in [-0.2, -0.15) is 15.4 Å². The number of piperidine rings is 1. The summed E-state index contributed by atoms with van der Waals surface area (Å²) in [6.07, 6.45) is 6.90. The van der Waals surface area contributed by atoms with Crippen LogP contribution in [0.3, 0.4) is 0 Å². The van der Waals surface area contributed by atoms with E-state index in [2.05, 4.69) is 20.4 Å². The standard InChI is InChI=1S/C15H19N5O2/c1-2-11-8-16-6-4-12(11)14(21)20-7-3-5-15(22,10-20)13-9-17-19-18-13/h4,6,8-9,22H,2-3,5,7,10H2,1H3,(H,17,18,19)/t15-/m0/s1. The minimum absolute atomic E-state index is 0.0686. The molecule has 7 nitrogen and oxygen atoms in total. The second kappa shape index (κ2) is 5.84. The Morgan fingerprint density at radius 2 is 2.36 bits per heavy atom. The van der Waals surface area contributed by atoms with Crippen LogP contribution in [0.4, 0.5) is 0 Å². The van der Waals surface area contributed by atoms with Crippen LogP contribution >= 0.6 is 0 Å². The molecule has 0 radical (unpaired) electrons. The second-order valence-electron chi connectivity index (χ2n) is 5.60. The molecule has 1 aliphatic rings. The molecule has 3 rings (SSSR count). The maximum absolute atomic E-state index is 12.8. The van der Waals surface area contributed by atoms with Gasteiger partial charge < -0.3 is 10.0 Å². The van der Waals surface area contributed by atoms with Crippen molar-refractivity contribution in [1.29, 1.82) is 0 Å². The number of aliphatic hydroxyl groups is 1. The molecule has 2 aromatic heterocycles. The third-order valence-corrected chi connectivity index (χ3v) is 4.16. The van der Waals surface area contributed by atoms with Gasteiger partial charge in [-0.3, -0.25) is 9.78 Å². The van der Waals surface area contributed by atoms with E-state index in [0.717, 1.165) is 18.4 Å². The number of carbonyl (C=O) groups excluding carboxylic acids is 1. The molecule has 0 aromatic carbocycles. The zero-order chi connectivity index (χ0) is 15.6. The molecule has 0 saturated carbocycles. The van der Waals surface area contributed by atoms with Gasteiger partial charge in [-0.05, 0) is 30.9 Å². The molecule has 0 unspecified atom stereocenters. The van der Waals surface area contributed by atoms with Gasteiger partial charge in [-0.25, -0.2) is 0 Å². The molecule has 3 heterocycles. The molecule has 2 aromatic rings. The number of β-amino-alcohol motifs (C(OH)–C–C–N with tert-alkyl or cyclic N) is 1. The molecular formula is C15H19N5O2. The van der Waals surface area contributed by atoms with Crippen LogP contribution in [0.5, 0.6) is 0 Å². The van der Waals surface area contributed by atoms with Crippen molar-refractivity contribution in [3.05, 3.63) is 41.5 Å². The lowest BCUT2D eigenvalue weighted by Gasteiger charge is -2.38. The number of rotatable bonds is 3. The number of pyridine rings is 1. The summed E-state index contributed by atoms with van der Waals surface area (Å²) in [6.45, 7) is 2.85.